The van der Waals surface area contributed by atoms with Crippen LogP contribution in [-0.2, 0) is 14.3 Å². The highest BCUT2D eigenvalue weighted by Gasteiger charge is 2.19. The molecule has 3 N–H and O–H groups in total. The van der Waals surface area contributed by atoms with Crippen LogP contribution < -0.4 is 5.73 Å². The molecule has 1 rings (SSSR count). The maximum absolute atomic E-state index is 10.3. The van der Waals surface area contributed by atoms with E-state index in [9.17, 15) is 4.79 Å². The van der Waals surface area contributed by atoms with Crippen molar-refractivity contribution in [3.05, 3.63) is 0 Å². The number of carboxylic acid groups (broad SMARTS) is 1. The molecule has 0 radical (unpaired) electrons. The van der Waals surface area contributed by atoms with Gasteiger partial charge in [-0.2, -0.15) is 0 Å². The smallest absolute Gasteiger partial charge is 0.320 e. The van der Waals surface area contributed by atoms with Gasteiger partial charge in [0.15, 0.2) is 6.29 Å². The molecule has 5 heteroatoms. The Morgan fingerprint density at radius 1 is 1.58 bits per heavy atom. The van der Waals surface area contributed by atoms with Crippen LogP contribution in [0.3, 0.4) is 0 Å². The van der Waals surface area contributed by atoms with Gasteiger partial charge in [0.2, 0.25) is 0 Å². The number of hydrogen-bond acceptors (Lipinski definition) is 4. The van der Waals surface area contributed by atoms with Gasteiger partial charge in [0.25, 0.3) is 0 Å². The lowest BCUT2D eigenvalue weighted by atomic mass is 10.2. The maximum Gasteiger partial charge on any atom is 0.320 e. The first kappa shape index (κ1) is 9.44. The summed E-state index contributed by atoms with van der Waals surface area (Å²) >= 11 is 0. The molecule has 0 spiro atoms. The average molecular weight is 175 g/mol. The lowest BCUT2D eigenvalue weighted by molar-refractivity contribution is -0.139. The van der Waals surface area contributed by atoms with Crippen molar-refractivity contribution in [1.82, 2.24) is 0 Å². The van der Waals surface area contributed by atoms with Crippen molar-refractivity contribution in [1.29, 1.82) is 0 Å². The largest absolute Gasteiger partial charge is 0.480 e. The molecule has 1 saturated heterocycles. The van der Waals surface area contributed by atoms with Crippen molar-refractivity contribution >= 4 is 5.97 Å². The van der Waals surface area contributed by atoms with E-state index in [4.69, 9.17) is 20.3 Å². The molecule has 0 aromatic rings. The molecule has 0 aromatic heterocycles. The zero-order chi connectivity index (χ0) is 8.97. The Labute approximate surface area is 70.4 Å². The van der Waals surface area contributed by atoms with Crippen LogP contribution in [0.15, 0.2) is 0 Å². The van der Waals surface area contributed by atoms with E-state index in [1.807, 2.05) is 0 Å². The van der Waals surface area contributed by atoms with E-state index in [0.717, 1.165) is 0 Å². The molecule has 1 fully saturated rings. The van der Waals surface area contributed by atoms with Gasteiger partial charge < -0.3 is 20.3 Å². The first-order valence-corrected chi connectivity index (χ1v) is 3.91. The molecule has 5 nitrogen and oxygen atoms in total. The van der Waals surface area contributed by atoms with Gasteiger partial charge in [-0.15, -0.1) is 0 Å². The molecular formula is C7H13NO4. The third-order valence-corrected chi connectivity index (χ3v) is 1.72. The first-order chi connectivity index (χ1) is 5.70. The van der Waals surface area contributed by atoms with Gasteiger partial charge in [-0.3, -0.25) is 4.79 Å². The molecule has 0 bridgehead atoms. The number of aliphatic carboxylic acids is 1. The second kappa shape index (κ2) is 4.39. The van der Waals surface area contributed by atoms with E-state index in [2.05, 4.69) is 0 Å². The molecular weight excluding hydrogens is 162 g/mol. The summed E-state index contributed by atoms with van der Waals surface area (Å²) in [6, 6.07) is -0.808. The van der Waals surface area contributed by atoms with Crippen molar-refractivity contribution in [2.75, 3.05) is 13.2 Å². The van der Waals surface area contributed by atoms with Gasteiger partial charge in [-0.25, -0.2) is 0 Å². The van der Waals surface area contributed by atoms with Crippen LogP contribution in [-0.4, -0.2) is 36.6 Å². The summed E-state index contributed by atoms with van der Waals surface area (Å²) in [5.41, 5.74) is 5.28. The Bertz CT molecular complexity index is 155. The van der Waals surface area contributed by atoms with Gasteiger partial charge >= 0.3 is 5.97 Å². The van der Waals surface area contributed by atoms with Gasteiger partial charge in [-0.05, 0) is 6.42 Å². The van der Waals surface area contributed by atoms with Crippen LogP contribution >= 0.6 is 0 Å². The zero-order valence-corrected chi connectivity index (χ0v) is 6.73. The molecule has 0 aromatic carbocycles. The fraction of sp³-hybridized carbons (Fsp3) is 0.857. The van der Waals surface area contributed by atoms with Gasteiger partial charge in [-0.1, -0.05) is 0 Å². The number of ether oxygens (including phenoxy) is 2. The Balaban J connectivity index is 2.11. The number of hydrogen-bond donors (Lipinski definition) is 2. The minimum absolute atomic E-state index is 0.254. The van der Waals surface area contributed by atoms with E-state index in [-0.39, 0.29) is 6.29 Å². The summed E-state index contributed by atoms with van der Waals surface area (Å²) in [4.78, 5) is 10.3. The van der Waals surface area contributed by atoms with Crippen LogP contribution in [0.2, 0.25) is 0 Å². The predicted octanol–water partition coefficient (Wildman–Crippen LogP) is -0.449. The highest BCUT2D eigenvalue weighted by molar-refractivity contribution is 5.72. The molecule has 0 amide bonds. The highest BCUT2D eigenvalue weighted by Crippen LogP contribution is 2.10. The van der Waals surface area contributed by atoms with Crippen LogP contribution in [0, 0.1) is 0 Å². The first-order valence-electron chi connectivity index (χ1n) is 3.91. The molecule has 1 unspecified atom stereocenters. The summed E-state index contributed by atoms with van der Waals surface area (Å²) in [5.74, 6) is -0.979. The second-order valence-electron chi connectivity index (χ2n) is 2.69. The fourth-order valence-corrected chi connectivity index (χ4v) is 1.01. The van der Waals surface area contributed by atoms with Crippen molar-refractivity contribution < 1.29 is 19.4 Å². The standard InChI is InChI=1S/C7H13NO4/c8-5(7(9)10)1-2-6-11-3-4-12-6/h5-6H,1-4,8H2,(H,9,10). The summed E-state index contributed by atoms with van der Waals surface area (Å²) in [6.07, 6.45) is 0.684. The Hall–Kier alpha value is -0.650. The summed E-state index contributed by atoms with van der Waals surface area (Å²) in [6.45, 7) is 1.18. The van der Waals surface area contributed by atoms with Crippen molar-refractivity contribution in [3.63, 3.8) is 0 Å². The topological polar surface area (TPSA) is 81.8 Å². The molecule has 0 aliphatic carbocycles. The Kier molecular flexibility index (Phi) is 3.46. The average Bonchev–Trinajstić information content (AvgIpc) is 2.51. The summed E-state index contributed by atoms with van der Waals surface area (Å²) in [7, 11) is 0. The highest BCUT2D eigenvalue weighted by atomic mass is 16.7. The monoisotopic (exact) mass is 175 g/mol. The third-order valence-electron chi connectivity index (χ3n) is 1.72. The van der Waals surface area contributed by atoms with Crippen LogP contribution in [0.4, 0.5) is 0 Å². The summed E-state index contributed by atoms with van der Waals surface area (Å²) < 4.78 is 10.2. The molecule has 12 heavy (non-hydrogen) atoms. The lowest BCUT2D eigenvalue weighted by Crippen LogP contribution is -2.31. The molecule has 70 valence electrons. The number of rotatable bonds is 4. The van der Waals surface area contributed by atoms with Crippen molar-refractivity contribution in [2.45, 2.75) is 25.2 Å². The number of nitrogens with two attached hydrogens (primary N) is 1. The van der Waals surface area contributed by atoms with Crippen LogP contribution in [0.5, 0.6) is 0 Å². The maximum atomic E-state index is 10.3. The minimum atomic E-state index is -0.979. The van der Waals surface area contributed by atoms with E-state index in [1.165, 1.54) is 0 Å². The van der Waals surface area contributed by atoms with Gasteiger partial charge in [0.05, 0.1) is 13.2 Å². The van der Waals surface area contributed by atoms with Crippen molar-refractivity contribution in [3.8, 4) is 0 Å². The zero-order valence-electron chi connectivity index (χ0n) is 6.73. The third kappa shape index (κ3) is 2.77. The van der Waals surface area contributed by atoms with E-state index in [1.54, 1.807) is 0 Å². The van der Waals surface area contributed by atoms with E-state index in [0.29, 0.717) is 26.1 Å². The predicted molar refractivity (Wildman–Crippen MR) is 40.5 cm³/mol. The molecule has 0 saturated carbocycles. The van der Waals surface area contributed by atoms with Crippen LogP contribution in [0.25, 0.3) is 0 Å². The van der Waals surface area contributed by atoms with E-state index < -0.39 is 12.0 Å². The second-order valence-corrected chi connectivity index (χ2v) is 2.69. The Morgan fingerprint density at radius 2 is 2.17 bits per heavy atom. The summed E-state index contributed by atoms with van der Waals surface area (Å²) in [5, 5.41) is 8.45. The Morgan fingerprint density at radius 3 is 2.67 bits per heavy atom. The van der Waals surface area contributed by atoms with Gasteiger partial charge in [0, 0.05) is 6.42 Å². The SMILES string of the molecule is NC(CCC1OCCO1)C(=O)O. The molecule has 1 atom stereocenters. The fourth-order valence-electron chi connectivity index (χ4n) is 1.01. The van der Waals surface area contributed by atoms with Gasteiger partial charge in [0.1, 0.15) is 6.04 Å². The minimum Gasteiger partial charge on any atom is -0.480 e. The molecule has 1 heterocycles. The lowest BCUT2D eigenvalue weighted by Gasteiger charge is -2.10. The number of carboxylic acids is 1. The van der Waals surface area contributed by atoms with E-state index >= 15 is 0 Å². The van der Waals surface area contributed by atoms with Crippen molar-refractivity contribution in [2.24, 2.45) is 5.73 Å². The molecule has 1 aliphatic heterocycles. The molecule has 1 aliphatic rings. The quantitative estimate of drug-likeness (QED) is 0.604. The number of carbonyl (C=O) groups is 1. The van der Waals surface area contributed by atoms with Crippen LogP contribution in [0.1, 0.15) is 12.8 Å². The normalized spacial score (nSPS) is 21.1.